The SMILES string of the molecule is CCCOc1ccc(Br)cc1CNCC1CCCS1(=O)=O. The van der Waals surface area contributed by atoms with E-state index in [-0.39, 0.29) is 5.25 Å². The molecule has 2 rings (SSSR count). The van der Waals surface area contributed by atoms with Crippen LogP contribution in [-0.4, -0.2) is 32.6 Å². The third kappa shape index (κ3) is 4.69. The van der Waals surface area contributed by atoms with E-state index in [1.807, 2.05) is 18.2 Å². The summed E-state index contributed by atoms with van der Waals surface area (Å²) in [6, 6.07) is 5.92. The molecule has 0 aliphatic carbocycles. The molecule has 1 aliphatic heterocycles. The fraction of sp³-hybridized carbons (Fsp3) is 0.600. The summed E-state index contributed by atoms with van der Waals surface area (Å²) >= 11 is 3.46. The highest BCUT2D eigenvalue weighted by molar-refractivity contribution is 9.10. The highest BCUT2D eigenvalue weighted by atomic mass is 79.9. The van der Waals surface area contributed by atoms with Crippen molar-refractivity contribution < 1.29 is 13.2 Å². The highest BCUT2D eigenvalue weighted by Crippen LogP contribution is 2.24. The fourth-order valence-electron chi connectivity index (χ4n) is 2.49. The van der Waals surface area contributed by atoms with E-state index >= 15 is 0 Å². The summed E-state index contributed by atoms with van der Waals surface area (Å²) in [7, 11) is -2.88. The number of halogens is 1. The maximum atomic E-state index is 11.8. The van der Waals surface area contributed by atoms with E-state index in [1.54, 1.807) is 0 Å². The molecule has 1 saturated heterocycles. The lowest BCUT2D eigenvalue weighted by Crippen LogP contribution is -2.30. The van der Waals surface area contributed by atoms with Crippen molar-refractivity contribution in [2.24, 2.45) is 0 Å². The average molecular weight is 376 g/mol. The van der Waals surface area contributed by atoms with Gasteiger partial charge in [-0.15, -0.1) is 0 Å². The molecule has 1 aromatic carbocycles. The second kappa shape index (κ2) is 7.61. The van der Waals surface area contributed by atoms with Crippen LogP contribution in [0.15, 0.2) is 22.7 Å². The summed E-state index contributed by atoms with van der Waals surface area (Å²) in [5.41, 5.74) is 1.05. The maximum Gasteiger partial charge on any atom is 0.154 e. The van der Waals surface area contributed by atoms with E-state index in [0.29, 0.717) is 25.4 Å². The normalized spacial score (nSPS) is 20.6. The second-order valence-corrected chi connectivity index (χ2v) is 8.68. The molecule has 0 bridgehead atoms. The van der Waals surface area contributed by atoms with Gasteiger partial charge in [-0.3, -0.25) is 0 Å². The van der Waals surface area contributed by atoms with Crippen molar-refractivity contribution in [3.63, 3.8) is 0 Å². The summed E-state index contributed by atoms with van der Waals surface area (Å²) in [4.78, 5) is 0. The molecule has 0 amide bonds. The lowest BCUT2D eigenvalue weighted by Gasteiger charge is -2.14. The van der Waals surface area contributed by atoms with Gasteiger partial charge in [0.1, 0.15) is 5.75 Å². The Kier molecular flexibility index (Phi) is 6.08. The number of hydrogen-bond acceptors (Lipinski definition) is 4. The van der Waals surface area contributed by atoms with Gasteiger partial charge in [-0.25, -0.2) is 8.42 Å². The van der Waals surface area contributed by atoms with Gasteiger partial charge in [0.05, 0.1) is 17.6 Å². The van der Waals surface area contributed by atoms with Crippen LogP contribution >= 0.6 is 15.9 Å². The number of ether oxygens (including phenoxy) is 1. The predicted molar refractivity (Wildman–Crippen MR) is 88.4 cm³/mol. The Hall–Kier alpha value is -0.590. The van der Waals surface area contributed by atoms with Gasteiger partial charge in [-0.2, -0.15) is 0 Å². The van der Waals surface area contributed by atoms with Gasteiger partial charge in [0.25, 0.3) is 0 Å². The summed E-state index contributed by atoms with van der Waals surface area (Å²) in [5.74, 6) is 1.20. The first kappa shape index (κ1) is 16.8. The third-order valence-corrected chi connectivity index (χ3v) is 6.40. The molecule has 1 unspecified atom stereocenters. The molecule has 0 saturated carbocycles. The predicted octanol–water partition coefficient (Wildman–Crippen LogP) is 2.90. The fourth-order valence-corrected chi connectivity index (χ4v) is 4.70. The van der Waals surface area contributed by atoms with Gasteiger partial charge in [0.15, 0.2) is 9.84 Å². The molecule has 0 radical (unpaired) electrons. The lowest BCUT2D eigenvalue weighted by molar-refractivity contribution is 0.313. The number of sulfone groups is 1. The molecule has 1 N–H and O–H groups in total. The number of nitrogens with one attached hydrogen (secondary N) is 1. The van der Waals surface area contributed by atoms with Crippen molar-refractivity contribution in [1.82, 2.24) is 5.32 Å². The van der Waals surface area contributed by atoms with Gasteiger partial charge in [-0.1, -0.05) is 22.9 Å². The van der Waals surface area contributed by atoms with Gasteiger partial charge >= 0.3 is 0 Å². The van der Waals surface area contributed by atoms with Crippen molar-refractivity contribution in [3.05, 3.63) is 28.2 Å². The first-order valence-corrected chi connectivity index (χ1v) is 9.87. The van der Waals surface area contributed by atoms with Crippen LogP contribution in [0.5, 0.6) is 5.75 Å². The van der Waals surface area contributed by atoms with E-state index in [9.17, 15) is 8.42 Å². The van der Waals surface area contributed by atoms with E-state index in [1.165, 1.54) is 0 Å². The quantitative estimate of drug-likeness (QED) is 0.795. The topological polar surface area (TPSA) is 55.4 Å². The number of benzene rings is 1. The highest BCUT2D eigenvalue weighted by Gasteiger charge is 2.30. The minimum Gasteiger partial charge on any atom is -0.493 e. The summed E-state index contributed by atoms with van der Waals surface area (Å²) < 4.78 is 30.3. The molecule has 1 aliphatic rings. The molecule has 1 heterocycles. The Labute approximate surface area is 135 Å². The lowest BCUT2D eigenvalue weighted by atomic mass is 10.2. The van der Waals surface area contributed by atoms with E-state index in [0.717, 1.165) is 35.0 Å². The molecule has 0 aromatic heterocycles. The van der Waals surface area contributed by atoms with E-state index in [2.05, 4.69) is 28.2 Å². The van der Waals surface area contributed by atoms with Crippen molar-refractivity contribution in [2.75, 3.05) is 18.9 Å². The molecule has 4 nitrogen and oxygen atoms in total. The Morgan fingerprint density at radius 1 is 1.43 bits per heavy atom. The molecule has 118 valence electrons. The third-order valence-electron chi connectivity index (χ3n) is 3.63. The van der Waals surface area contributed by atoms with Gasteiger partial charge in [-0.05, 0) is 37.5 Å². The maximum absolute atomic E-state index is 11.8. The first-order chi connectivity index (χ1) is 10.0. The van der Waals surface area contributed by atoms with Gasteiger partial charge < -0.3 is 10.1 Å². The molecule has 1 aromatic rings. The first-order valence-electron chi connectivity index (χ1n) is 7.36. The van der Waals surface area contributed by atoms with Crippen LogP contribution in [0, 0.1) is 0 Å². The van der Waals surface area contributed by atoms with Crippen LogP contribution in [0.4, 0.5) is 0 Å². The largest absolute Gasteiger partial charge is 0.493 e. The number of rotatable bonds is 7. The zero-order valence-electron chi connectivity index (χ0n) is 12.3. The van der Waals surface area contributed by atoms with Crippen LogP contribution in [0.3, 0.4) is 0 Å². The molecule has 1 fully saturated rings. The Balaban J connectivity index is 1.94. The Morgan fingerprint density at radius 2 is 2.24 bits per heavy atom. The summed E-state index contributed by atoms with van der Waals surface area (Å²) in [5, 5.41) is 3.03. The Morgan fingerprint density at radius 3 is 2.90 bits per heavy atom. The van der Waals surface area contributed by atoms with E-state index < -0.39 is 9.84 Å². The molecule has 6 heteroatoms. The summed E-state index contributed by atoms with van der Waals surface area (Å²) in [6.07, 6.45) is 2.52. The molecule has 21 heavy (non-hydrogen) atoms. The zero-order valence-corrected chi connectivity index (χ0v) is 14.7. The van der Waals surface area contributed by atoms with Crippen LogP contribution in [0.2, 0.25) is 0 Å². The molecular weight excluding hydrogens is 354 g/mol. The second-order valence-electron chi connectivity index (χ2n) is 5.36. The zero-order chi connectivity index (χ0) is 15.3. The van der Waals surface area contributed by atoms with Crippen LogP contribution in [-0.2, 0) is 16.4 Å². The van der Waals surface area contributed by atoms with Crippen molar-refractivity contribution in [3.8, 4) is 5.75 Å². The van der Waals surface area contributed by atoms with Gasteiger partial charge in [0, 0.05) is 23.1 Å². The molecule has 0 spiro atoms. The van der Waals surface area contributed by atoms with Gasteiger partial charge in [0.2, 0.25) is 0 Å². The van der Waals surface area contributed by atoms with Crippen LogP contribution in [0.25, 0.3) is 0 Å². The minimum atomic E-state index is -2.88. The van der Waals surface area contributed by atoms with Crippen molar-refractivity contribution in [1.29, 1.82) is 0 Å². The number of hydrogen-bond donors (Lipinski definition) is 1. The average Bonchev–Trinajstić information content (AvgIpc) is 2.77. The van der Waals surface area contributed by atoms with Crippen LogP contribution < -0.4 is 10.1 Å². The summed E-state index contributed by atoms with van der Waals surface area (Å²) in [6.45, 7) is 3.89. The van der Waals surface area contributed by atoms with Crippen molar-refractivity contribution >= 4 is 25.8 Å². The van der Waals surface area contributed by atoms with Crippen molar-refractivity contribution in [2.45, 2.75) is 38.0 Å². The smallest absolute Gasteiger partial charge is 0.154 e. The monoisotopic (exact) mass is 375 g/mol. The minimum absolute atomic E-state index is 0.232. The molecule has 1 atom stereocenters. The van der Waals surface area contributed by atoms with E-state index in [4.69, 9.17) is 4.74 Å². The Bertz CT molecular complexity index is 574. The van der Waals surface area contributed by atoms with Crippen LogP contribution in [0.1, 0.15) is 31.7 Å². The molecular formula is C15H22BrNO3S. The standard InChI is InChI=1S/C15H22BrNO3S/c1-2-7-20-15-6-5-13(16)9-12(15)10-17-11-14-4-3-8-21(14,18)19/h5-6,9,14,17H,2-4,7-8,10-11H2,1H3.